The van der Waals surface area contributed by atoms with Crippen molar-refractivity contribution >= 4 is 6.08 Å². The van der Waals surface area contributed by atoms with Crippen molar-refractivity contribution in [2.75, 3.05) is 13.1 Å². The Labute approximate surface area is 144 Å². The molecule has 4 rings (SSSR count). The average molecular weight is 339 g/mol. The van der Waals surface area contributed by atoms with Crippen LogP contribution in [0.4, 0.5) is 4.39 Å². The van der Waals surface area contributed by atoms with Gasteiger partial charge in [-0.05, 0) is 42.7 Å². The number of halogens is 1. The number of piperidine rings is 1. The Morgan fingerprint density at radius 2 is 2.00 bits per heavy atom. The summed E-state index contributed by atoms with van der Waals surface area (Å²) in [5, 5.41) is 8.11. The van der Waals surface area contributed by atoms with Crippen molar-refractivity contribution in [3.05, 3.63) is 65.5 Å². The van der Waals surface area contributed by atoms with Gasteiger partial charge < -0.3 is 8.83 Å². The Hall–Kier alpha value is -2.73. The van der Waals surface area contributed by atoms with Gasteiger partial charge in [0.25, 0.3) is 5.89 Å². The van der Waals surface area contributed by atoms with E-state index in [1.54, 1.807) is 30.5 Å². The molecule has 0 aliphatic carbocycles. The molecule has 0 unspecified atom stereocenters. The summed E-state index contributed by atoms with van der Waals surface area (Å²) in [5.74, 6) is 1.38. The molecule has 5 nitrogen and oxygen atoms in total. The number of furan rings is 1. The molecule has 0 saturated carbocycles. The summed E-state index contributed by atoms with van der Waals surface area (Å²) in [7, 11) is 0. The molecule has 2 aromatic heterocycles. The molecule has 0 radical (unpaired) electrons. The lowest BCUT2D eigenvalue weighted by atomic mass is 10.0. The fourth-order valence-corrected chi connectivity index (χ4v) is 2.98. The SMILES string of the molecule is Fc1cccc(C=C2CCN(Cc3nnc(-c4ccco4)o3)CC2)c1. The number of hydrogen-bond donors (Lipinski definition) is 0. The minimum atomic E-state index is -0.199. The molecule has 0 bridgehead atoms. The Bertz CT molecular complexity index is 860. The smallest absolute Gasteiger partial charge is 0.283 e. The molecule has 25 heavy (non-hydrogen) atoms. The van der Waals surface area contributed by atoms with Gasteiger partial charge in [0.15, 0.2) is 5.76 Å². The maximum absolute atomic E-state index is 13.3. The largest absolute Gasteiger partial charge is 0.459 e. The van der Waals surface area contributed by atoms with E-state index in [-0.39, 0.29) is 5.82 Å². The molecule has 6 heteroatoms. The number of aromatic nitrogens is 2. The second kappa shape index (κ2) is 7.03. The minimum absolute atomic E-state index is 0.199. The number of likely N-dealkylation sites (tertiary alicyclic amines) is 1. The van der Waals surface area contributed by atoms with E-state index in [1.807, 2.05) is 6.07 Å². The number of hydrogen-bond acceptors (Lipinski definition) is 5. The normalized spacial score (nSPS) is 15.5. The van der Waals surface area contributed by atoms with Crippen molar-refractivity contribution in [1.82, 2.24) is 15.1 Å². The van der Waals surface area contributed by atoms with Crippen LogP contribution in [-0.2, 0) is 6.54 Å². The van der Waals surface area contributed by atoms with E-state index in [0.717, 1.165) is 31.5 Å². The highest BCUT2D eigenvalue weighted by Crippen LogP contribution is 2.22. The van der Waals surface area contributed by atoms with Gasteiger partial charge in [-0.25, -0.2) is 4.39 Å². The van der Waals surface area contributed by atoms with Crippen LogP contribution >= 0.6 is 0 Å². The average Bonchev–Trinajstić information content (AvgIpc) is 3.28. The van der Waals surface area contributed by atoms with E-state index in [0.29, 0.717) is 24.1 Å². The molecular weight excluding hydrogens is 321 g/mol. The zero-order valence-electron chi connectivity index (χ0n) is 13.7. The van der Waals surface area contributed by atoms with Gasteiger partial charge in [0.1, 0.15) is 5.82 Å². The van der Waals surface area contributed by atoms with Gasteiger partial charge in [-0.2, -0.15) is 0 Å². The van der Waals surface area contributed by atoms with E-state index in [1.165, 1.54) is 11.6 Å². The third kappa shape index (κ3) is 3.85. The Balaban J connectivity index is 1.35. The van der Waals surface area contributed by atoms with Crippen molar-refractivity contribution in [3.63, 3.8) is 0 Å². The maximum Gasteiger partial charge on any atom is 0.283 e. The molecule has 1 fully saturated rings. The summed E-state index contributed by atoms with van der Waals surface area (Å²) >= 11 is 0. The Morgan fingerprint density at radius 3 is 2.76 bits per heavy atom. The zero-order chi connectivity index (χ0) is 17.1. The van der Waals surface area contributed by atoms with Crippen LogP contribution in [0.5, 0.6) is 0 Å². The van der Waals surface area contributed by atoms with Gasteiger partial charge in [0, 0.05) is 13.1 Å². The van der Waals surface area contributed by atoms with Crippen molar-refractivity contribution in [3.8, 4) is 11.7 Å². The lowest BCUT2D eigenvalue weighted by Crippen LogP contribution is -2.30. The quantitative estimate of drug-likeness (QED) is 0.715. The second-order valence-corrected chi connectivity index (χ2v) is 6.11. The van der Waals surface area contributed by atoms with Gasteiger partial charge in [0.05, 0.1) is 12.8 Å². The topological polar surface area (TPSA) is 55.3 Å². The third-order valence-corrected chi connectivity index (χ3v) is 4.28. The van der Waals surface area contributed by atoms with Crippen molar-refractivity contribution < 1.29 is 13.2 Å². The molecule has 1 aliphatic heterocycles. The first-order valence-corrected chi connectivity index (χ1v) is 8.30. The van der Waals surface area contributed by atoms with Crippen LogP contribution in [0.2, 0.25) is 0 Å². The lowest BCUT2D eigenvalue weighted by Gasteiger charge is -2.27. The minimum Gasteiger partial charge on any atom is -0.459 e. The summed E-state index contributed by atoms with van der Waals surface area (Å²) in [6.45, 7) is 2.46. The predicted octanol–water partition coefficient (Wildman–Crippen LogP) is 4.15. The van der Waals surface area contributed by atoms with Crippen LogP contribution in [0, 0.1) is 5.82 Å². The molecule has 0 N–H and O–H groups in total. The Kier molecular flexibility index (Phi) is 4.43. The number of rotatable bonds is 4. The standard InChI is InChI=1S/C19H18FN3O2/c20-16-4-1-3-15(12-16)11-14-6-8-23(9-7-14)13-18-21-22-19(25-18)17-5-2-10-24-17/h1-5,10-12H,6-9,13H2. The maximum atomic E-state index is 13.3. The van der Waals surface area contributed by atoms with Crippen LogP contribution < -0.4 is 0 Å². The first kappa shape index (κ1) is 15.8. The van der Waals surface area contributed by atoms with Crippen molar-refractivity contribution in [1.29, 1.82) is 0 Å². The Morgan fingerprint density at radius 1 is 1.12 bits per heavy atom. The number of benzene rings is 1. The van der Waals surface area contributed by atoms with Crippen LogP contribution in [0.1, 0.15) is 24.3 Å². The molecular formula is C19H18FN3O2. The molecule has 128 valence electrons. The van der Waals surface area contributed by atoms with Gasteiger partial charge in [0.2, 0.25) is 5.89 Å². The highest BCUT2D eigenvalue weighted by molar-refractivity contribution is 5.53. The molecule has 0 atom stereocenters. The van der Waals surface area contributed by atoms with Crippen LogP contribution in [-0.4, -0.2) is 28.2 Å². The van der Waals surface area contributed by atoms with Crippen LogP contribution in [0.3, 0.4) is 0 Å². The monoisotopic (exact) mass is 339 g/mol. The van der Waals surface area contributed by atoms with Gasteiger partial charge in [-0.15, -0.1) is 10.2 Å². The molecule has 0 spiro atoms. The van der Waals surface area contributed by atoms with E-state index < -0.39 is 0 Å². The second-order valence-electron chi connectivity index (χ2n) is 6.11. The van der Waals surface area contributed by atoms with E-state index >= 15 is 0 Å². The summed E-state index contributed by atoms with van der Waals surface area (Å²) in [4.78, 5) is 2.28. The highest BCUT2D eigenvalue weighted by Gasteiger charge is 2.18. The first-order chi connectivity index (χ1) is 12.3. The predicted molar refractivity (Wildman–Crippen MR) is 90.9 cm³/mol. The fraction of sp³-hybridized carbons (Fsp3) is 0.263. The number of nitrogens with zero attached hydrogens (tertiary/aromatic N) is 3. The van der Waals surface area contributed by atoms with Crippen LogP contribution in [0.25, 0.3) is 17.7 Å². The summed E-state index contributed by atoms with van der Waals surface area (Å²) in [6.07, 6.45) is 5.57. The van der Waals surface area contributed by atoms with Crippen molar-refractivity contribution in [2.24, 2.45) is 0 Å². The zero-order valence-corrected chi connectivity index (χ0v) is 13.7. The highest BCUT2D eigenvalue weighted by atomic mass is 19.1. The summed E-state index contributed by atoms with van der Waals surface area (Å²) in [6, 6.07) is 10.3. The third-order valence-electron chi connectivity index (χ3n) is 4.28. The van der Waals surface area contributed by atoms with Gasteiger partial charge >= 0.3 is 0 Å². The summed E-state index contributed by atoms with van der Waals surface area (Å²) < 4.78 is 24.2. The summed E-state index contributed by atoms with van der Waals surface area (Å²) in [5.41, 5.74) is 2.26. The van der Waals surface area contributed by atoms with Gasteiger partial charge in [-0.1, -0.05) is 23.8 Å². The van der Waals surface area contributed by atoms with E-state index in [9.17, 15) is 4.39 Å². The molecule has 3 heterocycles. The van der Waals surface area contributed by atoms with Gasteiger partial charge in [-0.3, -0.25) is 4.90 Å². The van der Waals surface area contributed by atoms with E-state index in [4.69, 9.17) is 8.83 Å². The van der Waals surface area contributed by atoms with E-state index in [2.05, 4.69) is 21.2 Å². The van der Waals surface area contributed by atoms with Crippen molar-refractivity contribution in [2.45, 2.75) is 19.4 Å². The first-order valence-electron chi connectivity index (χ1n) is 8.30. The lowest BCUT2D eigenvalue weighted by molar-refractivity contribution is 0.225. The molecule has 1 aromatic carbocycles. The fourth-order valence-electron chi connectivity index (χ4n) is 2.98. The molecule has 1 aliphatic rings. The molecule has 3 aromatic rings. The molecule has 1 saturated heterocycles. The van der Waals surface area contributed by atoms with Crippen LogP contribution in [0.15, 0.2) is 57.1 Å². The molecule has 0 amide bonds.